The number of aliphatic hydroxyl groups excluding tert-OH is 1. The van der Waals surface area contributed by atoms with Crippen molar-refractivity contribution in [2.45, 2.75) is 154 Å². The number of carbonyl (C=O) groups is 2. The van der Waals surface area contributed by atoms with E-state index in [1.165, 1.54) is 68.9 Å². The number of carboxylic acid groups (broad SMARTS) is 1. The number of aryl methyl sites for hydroxylation is 4. The smallest absolute Gasteiger partial charge is 0.335 e. The fraction of sp³-hybridized carbons (Fsp3) is 0.452. The van der Waals surface area contributed by atoms with Gasteiger partial charge in [0.05, 0.1) is 39.4 Å². The summed E-state index contributed by atoms with van der Waals surface area (Å²) in [5.41, 5.74) is 8.11. The van der Waals surface area contributed by atoms with E-state index in [1.807, 2.05) is 69.0 Å². The molecule has 5 N–H and O–H groups in total. The Kier molecular flexibility index (Phi) is 17.9. The molecule has 82 heavy (non-hydrogen) atoms. The highest BCUT2D eigenvalue weighted by atomic mass is 35.5. The highest BCUT2D eigenvalue weighted by Crippen LogP contribution is 2.62. The van der Waals surface area contributed by atoms with Gasteiger partial charge in [-0.3, -0.25) is 4.79 Å². The first-order chi connectivity index (χ1) is 38.8. The zero-order chi connectivity index (χ0) is 58.9. The maximum atomic E-state index is 14.1. The number of nitrogens with one attached hydrogen (secondary N) is 3. The normalized spacial score (nSPS) is 19.5. The maximum Gasteiger partial charge on any atom is 0.335 e. The Bertz CT molecular complexity index is 3540. The third-order valence-corrected chi connectivity index (χ3v) is 19.2. The summed E-state index contributed by atoms with van der Waals surface area (Å²) in [4.78, 5) is 44.2. The number of halogens is 1. The number of nitrogens with zero attached hydrogens (tertiary/aromatic N) is 5. The third-order valence-electron chi connectivity index (χ3n) is 16.4. The number of hydrogen-bond donors (Lipinski definition) is 5. The van der Waals surface area contributed by atoms with Crippen LogP contribution in [0.15, 0.2) is 107 Å². The minimum absolute atomic E-state index is 0.00577. The fourth-order valence-electron chi connectivity index (χ4n) is 11.9. The average molecular weight is 1180 g/mol. The number of aromatic nitrogens is 4. The van der Waals surface area contributed by atoms with Gasteiger partial charge in [-0.1, -0.05) is 87.8 Å². The van der Waals surface area contributed by atoms with Gasteiger partial charge in [-0.15, -0.1) is 0 Å². The highest BCUT2D eigenvalue weighted by molar-refractivity contribution is 7.93. The second-order valence-corrected chi connectivity index (χ2v) is 27.8. The lowest BCUT2D eigenvalue weighted by Crippen LogP contribution is -2.55. The molecule has 436 valence electrons. The maximum absolute atomic E-state index is 14.1. The molecule has 4 bridgehead atoms. The number of fused-ring (bicyclic) bond motifs is 4. The summed E-state index contributed by atoms with van der Waals surface area (Å²) < 4.78 is 63.4. The molecule has 2 atom stereocenters. The molecule has 4 fully saturated rings. The van der Waals surface area contributed by atoms with Crippen LogP contribution in [0.4, 0.5) is 11.9 Å². The molecule has 11 rings (SSSR count). The molecule has 2 aromatic heterocycles. The van der Waals surface area contributed by atoms with Crippen LogP contribution in [0.2, 0.25) is 5.15 Å². The van der Waals surface area contributed by atoms with Crippen molar-refractivity contribution >= 4 is 55.4 Å². The number of ether oxygens (including phenoxy) is 1. The Labute approximate surface area is 487 Å². The van der Waals surface area contributed by atoms with Crippen LogP contribution < -0.4 is 19.5 Å². The molecule has 1 aliphatic heterocycles. The van der Waals surface area contributed by atoms with Crippen LogP contribution in [0.25, 0.3) is 22.5 Å². The summed E-state index contributed by atoms with van der Waals surface area (Å²) in [6.45, 7) is 17.1. The standard InChI is InChI=1S/C31H36N4O4S.C19H16ClN3O4S.C12H23NO/c1-19(2)13-23-18-39-27-15-26(28-20(3)7-5-8-21(28)4)32-30(33-27)34-40(37,38)25-10-6-9-22(14-25)29(36)35(23)24-16-31(17-24)11-12-31;1-11-5-3-6-12(2)17(11)15-10-16(20)22-19(21-15)23-28(26,27)14-8-4-7-13(9-14)18(24)25;1-9(2)5-10(8-14)13-11-6-12(7-11)3-4-12/h5-10,14-15,19,23-24H,11-13,16-18H2,1-4H3,(H,32,33,34);3-10H,1-2H3,(H,24,25)(H,21,22,23);9-11,13-14H,3-8H2,1-2H3/t23-;;10-/m1.1/s1. The topological polar surface area (TPSA) is 243 Å². The quantitative estimate of drug-likeness (QED) is 0.0637. The van der Waals surface area contributed by atoms with Gasteiger partial charge in [-0.05, 0) is 173 Å². The molecule has 0 radical (unpaired) electrons. The number of hydrogen-bond acceptors (Lipinski definition) is 13. The third kappa shape index (κ3) is 14.3. The molecule has 4 saturated carbocycles. The molecule has 3 heterocycles. The van der Waals surface area contributed by atoms with Gasteiger partial charge in [0.15, 0.2) is 0 Å². The summed E-state index contributed by atoms with van der Waals surface area (Å²) in [7, 11) is -8.18. The molecule has 4 aliphatic carbocycles. The van der Waals surface area contributed by atoms with Crippen LogP contribution in [0.3, 0.4) is 0 Å². The number of carbonyl (C=O) groups excluding carboxylic acids is 1. The van der Waals surface area contributed by atoms with Gasteiger partial charge < -0.3 is 25.2 Å². The SMILES string of the molecule is CC(C)C[C@H](CO)NC1CC2(CC2)C1.Cc1cccc(C)c1-c1cc(Cl)nc(NS(=O)(=O)c2cccc(C(=O)O)c2)n1.Cc1cccc(C)c1-c1cc2nc(n1)NS(=O)(=O)c1cccc(c1)C(=O)N(C1CC3(CC3)C1)[C@H](CC(C)C)CO2. The molecule has 5 aliphatic rings. The van der Waals surface area contributed by atoms with Crippen LogP contribution in [0.1, 0.15) is 135 Å². The molecule has 1 amide bonds. The van der Waals surface area contributed by atoms with Crippen LogP contribution in [-0.2, 0) is 20.0 Å². The van der Waals surface area contributed by atoms with E-state index in [1.54, 1.807) is 24.3 Å². The predicted octanol–water partition coefficient (Wildman–Crippen LogP) is 11.6. The summed E-state index contributed by atoms with van der Waals surface area (Å²) >= 11 is 6.08. The van der Waals surface area contributed by atoms with Gasteiger partial charge in [0.25, 0.3) is 26.0 Å². The molecule has 17 nitrogen and oxygen atoms in total. The van der Waals surface area contributed by atoms with Crippen molar-refractivity contribution in [3.8, 4) is 28.4 Å². The Morgan fingerprint density at radius 3 is 1.94 bits per heavy atom. The van der Waals surface area contributed by atoms with Crippen molar-refractivity contribution < 1.29 is 41.4 Å². The molecule has 4 aromatic carbocycles. The van der Waals surface area contributed by atoms with Crippen molar-refractivity contribution in [2.75, 3.05) is 22.7 Å². The van der Waals surface area contributed by atoms with Gasteiger partial charge in [0.2, 0.25) is 17.8 Å². The first kappa shape index (κ1) is 60.1. The van der Waals surface area contributed by atoms with Gasteiger partial charge in [0, 0.05) is 46.9 Å². The zero-order valence-electron chi connectivity index (χ0n) is 47.9. The van der Waals surface area contributed by atoms with Gasteiger partial charge >= 0.3 is 5.97 Å². The largest absolute Gasteiger partial charge is 0.478 e. The minimum atomic E-state index is -4.10. The van der Waals surface area contributed by atoms with Gasteiger partial charge in [0.1, 0.15) is 11.8 Å². The number of sulfonamides is 2. The van der Waals surface area contributed by atoms with Crippen LogP contribution in [-0.4, -0.2) is 101 Å². The lowest BCUT2D eigenvalue weighted by molar-refractivity contribution is 0.00917. The van der Waals surface area contributed by atoms with Gasteiger partial charge in [-0.2, -0.15) is 4.98 Å². The van der Waals surface area contributed by atoms with E-state index >= 15 is 0 Å². The van der Waals surface area contributed by atoms with Crippen LogP contribution in [0, 0.1) is 50.4 Å². The summed E-state index contributed by atoms with van der Waals surface area (Å²) in [5, 5.41) is 21.9. The van der Waals surface area contributed by atoms with Crippen LogP contribution >= 0.6 is 11.6 Å². The monoisotopic (exact) mass is 1170 g/mol. The van der Waals surface area contributed by atoms with Crippen molar-refractivity contribution in [2.24, 2.45) is 22.7 Å². The van der Waals surface area contributed by atoms with E-state index in [0.29, 0.717) is 52.9 Å². The molecule has 0 saturated heterocycles. The predicted molar refractivity (Wildman–Crippen MR) is 318 cm³/mol. The van der Waals surface area contributed by atoms with E-state index < -0.39 is 26.0 Å². The number of rotatable bonds is 14. The first-order valence-electron chi connectivity index (χ1n) is 28.2. The Morgan fingerprint density at radius 1 is 0.780 bits per heavy atom. The van der Waals surface area contributed by atoms with Crippen molar-refractivity contribution in [3.63, 3.8) is 0 Å². The van der Waals surface area contributed by atoms with Crippen molar-refractivity contribution in [1.29, 1.82) is 0 Å². The Balaban J connectivity index is 0.000000166. The number of amides is 1. The number of aromatic carboxylic acids is 1. The molecular weight excluding hydrogens is 1100 g/mol. The molecular formula is C62H75ClN8O9S2. The Hall–Kier alpha value is -6.51. The van der Waals surface area contributed by atoms with E-state index in [2.05, 4.69) is 62.4 Å². The summed E-state index contributed by atoms with van der Waals surface area (Å²) in [6.07, 6.45) is 11.9. The van der Waals surface area contributed by atoms with Crippen molar-refractivity contribution in [1.82, 2.24) is 30.2 Å². The van der Waals surface area contributed by atoms with E-state index in [0.717, 1.165) is 70.5 Å². The summed E-state index contributed by atoms with van der Waals surface area (Å²) in [6, 6.07) is 27.2. The molecule has 20 heteroatoms. The number of carboxylic acids is 1. The lowest BCUT2D eigenvalue weighted by atomic mass is 9.75. The highest BCUT2D eigenvalue weighted by Gasteiger charge is 2.56. The minimum Gasteiger partial charge on any atom is -0.478 e. The van der Waals surface area contributed by atoms with Gasteiger partial charge in [-0.25, -0.2) is 46.0 Å². The molecule has 0 unspecified atom stereocenters. The Morgan fingerprint density at radius 2 is 1.37 bits per heavy atom. The van der Waals surface area contributed by atoms with E-state index in [9.17, 15) is 31.5 Å². The molecule has 6 aromatic rings. The van der Waals surface area contributed by atoms with E-state index in [4.69, 9.17) is 21.4 Å². The average Bonchev–Trinajstić information content (AvgIpc) is 3.95. The zero-order valence-corrected chi connectivity index (χ0v) is 50.3. The number of aliphatic hydroxyl groups is 1. The molecule has 2 spiro atoms. The second-order valence-electron chi connectivity index (χ2n) is 24.1. The van der Waals surface area contributed by atoms with Crippen LogP contribution in [0.5, 0.6) is 5.88 Å². The summed E-state index contributed by atoms with van der Waals surface area (Å²) in [5.74, 6) is -0.384. The number of benzene rings is 4. The second kappa shape index (κ2) is 24.4. The number of anilines is 2. The van der Waals surface area contributed by atoms with E-state index in [-0.39, 0.29) is 62.9 Å². The van der Waals surface area contributed by atoms with Crippen molar-refractivity contribution in [3.05, 3.63) is 136 Å². The first-order valence-corrected chi connectivity index (χ1v) is 31.6. The fourth-order valence-corrected chi connectivity index (χ4v) is 14.1. The lowest BCUT2D eigenvalue weighted by Gasteiger charge is -2.47.